The van der Waals surface area contributed by atoms with Crippen LogP contribution in [0.25, 0.3) is 10.8 Å². The third-order valence-electron chi connectivity index (χ3n) is 5.64. The Bertz CT molecular complexity index is 879. The predicted octanol–water partition coefficient (Wildman–Crippen LogP) is 2.78. The number of piperidine rings is 3. The Morgan fingerprint density at radius 2 is 1.92 bits per heavy atom. The number of aromatic nitrogens is 1. The zero-order chi connectivity index (χ0) is 17.0. The normalized spacial score (nSPS) is 30.6. The van der Waals surface area contributed by atoms with Crippen LogP contribution in [0.3, 0.4) is 0 Å². The van der Waals surface area contributed by atoms with Crippen molar-refractivity contribution < 1.29 is 13.5 Å². The maximum absolute atomic E-state index is 14.0. The van der Waals surface area contributed by atoms with Gasteiger partial charge in [-0.25, -0.2) is 18.8 Å². The first kappa shape index (κ1) is 15.0. The van der Waals surface area contributed by atoms with Crippen molar-refractivity contribution in [3.05, 3.63) is 36.0 Å². The van der Waals surface area contributed by atoms with E-state index in [-0.39, 0.29) is 16.4 Å². The highest BCUT2D eigenvalue weighted by molar-refractivity contribution is 5.92. The van der Waals surface area contributed by atoms with Crippen molar-refractivity contribution in [2.45, 2.75) is 18.4 Å². The number of anilines is 1. The number of aliphatic imine (C=N–C) groups is 1. The number of nitrogens with zero attached hydrogens (tertiary/aromatic N) is 3. The maximum atomic E-state index is 14.0. The van der Waals surface area contributed by atoms with Gasteiger partial charge in [0.1, 0.15) is 23.1 Å². The summed E-state index contributed by atoms with van der Waals surface area (Å²) in [6.07, 6.45) is 3.61. The second kappa shape index (κ2) is 5.36. The summed E-state index contributed by atoms with van der Waals surface area (Å²) in [5.74, 6) is -0.0492. The average molecular weight is 344 g/mol. The molecule has 3 fully saturated rings. The third-order valence-corrected chi connectivity index (χ3v) is 5.64. The highest BCUT2D eigenvalue weighted by Gasteiger charge is 2.51. The van der Waals surface area contributed by atoms with E-state index < -0.39 is 11.6 Å². The van der Waals surface area contributed by atoms with Crippen LogP contribution in [0.2, 0.25) is 0 Å². The van der Waals surface area contributed by atoms with E-state index in [0.717, 1.165) is 44.6 Å². The molecule has 1 atom stereocenters. The number of rotatable bonds is 1. The van der Waals surface area contributed by atoms with Gasteiger partial charge in [0.25, 0.3) is 6.02 Å². The number of hydrogen-bond donors (Lipinski definition) is 1. The second-order valence-electron chi connectivity index (χ2n) is 7.11. The molecule has 0 radical (unpaired) electrons. The molecule has 2 bridgehead atoms. The molecule has 25 heavy (non-hydrogen) atoms. The van der Waals surface area contributed by atoms with E-state index in [0.29, 0.717) is 24.3 Å². The molecule has 1 aromatic heterocycles. The molecule has 0 amide bonds. The summed E-state index contributed by atoms with van der Waals surface area (Å²) in [5, 5.41) is 3.37. The number of amidine groups is 1. The number of hydrogen-bond acceptors (Lipinski definition) is 5. The van der Waals surface area contributed by atoms with Gasteiger partial charge in [0.15, 0.2) is 0 Å². The van der Waals surface area contributed by atoms with E-state index in [2.05, 4.69) is 20.2 Å². The predicted molar refractivity (Wildman–Crippen MR) is 90.6 cm³/mol. The number of nitrogens with one attached hydrogen (secondary N) is 1. The van der Waals surface area contributed by atoms with Crippen LogP contribution in [-0.4, -0.2) is 47.7 Å². The standard InChI is InChI=1S/C18H18F2N4O/c19-14-1-2-15(20)13-8-21-16(7-12(13)14)23-17-22-9-18(25-17)10-24-5-3-11(18)4-6-24/h1-2,7-8,11H,3-6,9-10H2,(H,21,22,23). The highest BCUT2D eigenvalue weighted by atomic mass is 19.1. The Balaban J connectivity index is 1.38. The molecule has 7 heteroatoms. The van der Waals surface area contributed by atoms with Crippen molar-refractivity contribution in [1.29, 1.82) is 0 Å². The van der Waals surface area contributed by atoms with Crippen molar-refractivity contribution in [2.75, 3.05) is 31.5 Å². The minimum absolute atomic E-state index is 0.161. The molecule has 5 heterocycles. The van der Waals surface area contributed by atoms with E-state index in [1.807, 2.05) is 0 Å². The zero-order valence-electron chi connectivity index (χ0n) is 13.6. The molecule has 1 spiro atoms. The van der Waals surface area contributed by atoms with Crippen LogP contribution in [0.5, 0.6) is 0 Å². The number of halogens is 2. The first-order valence-corrected chi connectivity index (χ1v) is 8.60. The molecule has 1 unspecified atom stereocenters. The topological polar surface area (TPSA) is 49.8 Å². The lowest BCUT2D eigenvalue weighted by atomic mass is 9.75. The SMILES string of the molecule is Fc1ccc(F)c2cc(NC3=NCC4(CN5CCC4CC5)O3)ncc12. The molecule has 6 rings (SSSR count). The van der Waals surface area contributed by atoms with Gasteiger partial charge in [0, 0.05) is 29.4 Å². The zero-order valence-corrected chi connectivity index (χ0v) is 13.6. The molecular weight excluding hydrogens is 326 g/mol. The van der Waals surface area contributed by atoms with Gasteiger partial charge in [-0.1, -0.05) is 0 Å². The van der Waals surface area contributed by atoms with Crippen molar-refractivity contribution in [2.24, 2.45) is 10.9 Å². The molecule has 4 aliphatic heterocycles. The van der Waals surface area contributed by atoms with Crippen molar-refractivity contribution in [3.63, 3.8) is 0 Å². The molecular formula is C18H18F2N4O. The minimum Gasteiger partial charge on any atom is -0.455 e. The fourth-order valence-electron chi connectivity index (χ4n) is 4.29. The molecule has 0 aliphatic carbocycles. The van der Waals surface area contributed by atoms with Crippen LogP contribution in [0, 0.1) is 17.6 Å². The van der Waals surface area contributed by atoms with Crippen LogP contribution in [0.1, 0.15) is 12.8 Å². The Morgan fingerprint density at radius 1 is 1.16 bits per heavy atom. The summed E-state index contributed by atoms with van der Waals surface area (Å²) in [6, 6.07) is 4.12. The largest absolute Gasteiger partial charge is 0.455 e. The number of ether oxygens (including phenoxy) is 1. The van der Waals surface area contributed by atoms with Gasteiger partial charge in [0.2, 0.25) is 0 Å². The average Bonchev–Trinajstić information content (AvgIpc) is 3.01. The lowest BCUT2D eigenvalue weighted by Crippen LogP contribution is -2.61. The fraction of sp³-hybridized carbons (Fsp3) is 0.444. The highest BCUT2D eigenvalue weighted by Crippen LogP contribution is 2.40. The lowest BCUT2D eigenvalue weighted by Gasteiger charge is -2.50. The Hall–Kier alpha value is -2.28. The summed E-state index contributed by atoms with van der Waals surface area (Å²) in [7, 11) is 0. The summed E-state index contributed by atoms with van der Waals surface area (Å²) in [4.78, 5) is 11.1. The summed E-state index contributed by atoms with van der Waals surface area (Å²) in [5.41, 5.74) is -0.243. The summed E-state index contributed by atoms with van der Waals surface area (Å²) < 4.78 is 33.9. The fourth-order valence-corrected chi connectivity index (χ4v) is 4.29. The molecule has 0 saturated carbocycles. The van der Waals surface area contributed by atoms with E-state index >= 15 is 0 Å². The first-order chi connectivity index (χ1) is 12.1. The van der Waals surface area contributed by atoms with Crippen molar-refractivity contribution in [3.8, 4) is 0 Å². The molecule has 3 saturated heterocycles. The summed E-state index contributed by atoms with van der Waals surface area (Å²) in [6.45, 7) is 3.80. The maximum Gasteiger partial charge on any atom is 0.291 e. The van der Waals surface area contributed by atoms with E-state index in [9.17, 15) is 8.78 Å². The number of benzene rings is 1. The molecule has 4 aliphatic rings. The molecule has 1 N–H and O–H groups in total. The van der Waals surface area contributed by atoms with E-state index in [1.165, 1.54) is 12.3 Å². The summed E-state index contributed by atoms with van der Waals surface area (Å²) >= 11 is 0. The van der Waals surface area contributed by atoms with Crippen molar-refractivity contribution in [1.82, 2.24) is 9.88 Å². The van der Waals surface area contributed by atoms with E-state index in [1.54, 1.807) is 0 Å². The molecule has 5 nitrogen and oxygen atoms in total. The monoisotopic (exact) mass is 344 g/mol. The first-order valence-electron chi connectivity index (χ1n) is 8.60. The van der Waals surface area contributed by atoms with Crippen molar-refractivity contribution >= 4 is 22.6 Å². The van der Waals surface area contributed by atoms with Gasteiger partial charge in [-0.15, -0.1) is 0 Å². The molecule has 1 aromatic carbocycles. The van der Waals surface area contributed by atoms with Gasteiger partial charge in [-0.05, 0) is 44.1 Å². The van der Waals surface area contributed by atoms with E-state index in [4.69, 9.17) is 4.74 Å². The van der Waals surface area contributed by atoms with Gasteiger partial charge in [-0.2, -0.15) is 0 Å². The number of pyridine rings is 1. The van der Waals surface area contributed by atoms with Gasteiger partial charge < -0.3 is 4.74 Å². The van der Waals surface area contributed by atoms with Crippen LogP contribution >= 0.6 is 0 Å². The Morgan fingerprint density at radius 3 is 2.64 bits per heavy atom. The Kier molecular flexibility index (Phi) is 3.22. The third kappa shape index (κ3) is 2.37. The number of fused-ring (bicyclic) bond motifs is 3. The molecule has 2 aromatic rings. The quantitative estimate of drug-likeness (QED) is 0.864. The smallest absolute Gasteiger partial charge is 0.291 e. The van der Waals surface area contributed by atoms with Crippen LogP contribution in [0.4, 0.5) is 14.6 Å². The van der Waals surface area contributed by atoms with Gasteiger partial charge in [-0.3, -0.25) is 10.2 Å². The molecule has 130 valence electrons. The lowest BCUT2D eigenvalue weighted by molar-refractivity contribution is -0.0829. The Labute approximate surface area is 143 Å². The minimum atomic E-state index is -0.490. The second-order valence-corrected chi connectivity index (χ2v) is 7.11. The van der Waals surface area contributed by atoms with Crippen LogP contribution in [-0.2, 0) is 4.74 Å². The van der Waals surface area contributed by atoms with Gasteiger partial charge >= 0.3 is 0 Å². The van der Waals surface area contributed by atoms with Crippen LogP contribution in [0.15, 0.2) is 29.4 Å². The van der Waals surface area contributed by atoms with Gasteiger partial charge in [0.05, 0.1) is 6.54 Å². The van der Waals surface area contributed by atoms with Crippen LogP contribution < -0.4 is 5.32 Å².